The Labute approximate surface area is 122 Å². The van der Waals surface area contributed by atoms with Crippen molar-refractivity contribution in [2.24, 2.45) is 0 Å². The Hall–Kier alpha value is -1.40. The molecule has 0 aromatic heterocycles. The number of rotatable bonds is 7. The molecule has 7 heteroatoms. The summed E-state index contributed by atoms with van der Waals surface area (Å²) in [5, 5.41) is 0. The molecule has 0 unspecified atom stereocenters. The first kappa shape index (κ1) is 16.7. The van der Waals surface area contributed by atoms with E-state index in [-0.39, 0.29) is 23.2 Å². The lowest BCUT2D eigenvalue weighted by Gasteiger charge is -2.05. The highest BCUT2D eigenvalue weighted by Crippen LogP contribution is 2.13. The molecule has 0 amide bonds. The fraction of sp³-hybridized carbons (Fsp3) is 0.385. The maximum Gasteiger partial charge on any atom is 0.321 e. The van der Waals surface area contributed by atoms with Crippen molar-refractivity contribution in [3.8, 4) is 0 Å². The van der Waals surface area contributed by atoms with Gasteiger partial charge >= 0.3 is 5.97 Å². The second-order valence-corrected chi connectivity index (χ2v) is 6.32. The third-order valence-electron chi connectivity index (χ3n) is 2.43. The van der Waals surface area contributed by atoms with Crippen molar-refractivity contribution in [2.45, 2.75) is 18.2 Å². The van der Waals surface area contributed by atoms with E-state index >= 15 is 0 Å². The van der Waals surface area contributed by atoms with Gasteiger partial charge in [-0.1, -0.05) is 19.1 Å². The third kappa shape index (κ3) is 4.61. The minimum Gasteiger partial charge on any atom is -0.465 e. The van der Waals surface area contributed by atoms with Gasteiger partial charge in [0.05, 0.1) is 17.4 Å². The number of carbonyl (C=O) groups excluding carboxylic acids is 2. The Morgan fingerprint density at radius 2 is 1.80 bits per heavy atom. The summed E-state index contributed by atoms with van der Waals surface area (Å²) in [6, 6.07) is 5.30. The number of Topliss-reactive ketones (excluding diaryl/α,β-unsaturated/α-hetero) is 1. The minimum absolute atomic E-state index is 0.0305. The molecule has 1 rings (SSSR count). The molecule has 0 atom stereocenters. The van der Waals surface area contributed by atoms with Gasteiger partial charge in [-0.3, -0.25) is 9.59 Å². The molecule has 0 N–H and O–H groups in total. The Morgan fingerprint density at radius 3 is 2.30 bits per heavy atom. The molecule has 1 aromatic rings. The van der Waals surface area contributed by atoms with Crippen LogP contribution in [-0.4, -0.2) is 38.4 Å². The van der Waals surface area contributed by atoms with Crippen LogP contribution in [-0.2, 0) is 19.4 Å². The van der Waals surface area contributed by atoms with Gasteiger partial charge in [0.25, 0.3) is 0 Å². The van der Waals surface area contributed by atoms with E-state index in [4.69, 9.17) is 16.3 Å². The number of benzene rings is 1. The van der Waals surface area contributed by atoms with Crippen LogP contribution in [0, 0.1) is 0 Å². The van der Waals surface area contributed by atoms with Crippen LogP contribution in [0.2, 0.25) is 0 Å². The molecule has 0 saturated carbocycles. The van der Waals surface area contributed by atoms with E-state index in [2.05, 4.69) is 0 Å². The second kappa shape index (κ2) is 7.40. The average molecular weight is 319 g/mol. The van der Waals surface area contributed by atoms with E-state index in [0.717, 1.165) is 0 Å². The standard InChI is InChI=1S/C13H15ClO5S/c1-2-7-19-13(16)9-20(17,18)11-5-3-10(4-6-11)12(15)8-14/h3-6H,2,7-9H2,1H3. The van der Waals surface area contributed by atoms with Crippen LogP contribution in [0.4, 0.5) is 0 Å². The molecule has 0 heterocycles. The zero-order valence-corrected chi connectivity index (χ0v) is 12.5. The number of sulfone groups is 1. The maximum atomic E-state index is 11.9. The zero-order valence-electron chi connectivity index (χ0n) is 11.0. The maximum absolute atomic E-state index is 11.9. The molecule has 0 aliphatic heterocycles. The van der Waals surface area contributed by atoms with E-state index in [9.17, 15) is 18.0 Å². The Balaban J connectivity index is 2.82. The first-order valence-corrected chi connectivity index (χ1v) is 8.17. The molecular weight excluding hydrogens is 304 g/mol. The monoisotopic (exact) mass is 318 g/mol. The van der Waals surface area contributed by atoms with Crippen LogP contribution in [0.3, 0.4) is 0 Å². The lowest BCUT2D eigenvalue weighted by Crippen LogP contribution is -2.19. The summed E-state index contributed by atoms with van der Waals surface area (Å²) in [7, 11) is -3.76. The van der Waals surface area contributed by atoms with Crippen molar-refractivity contribution in [1.29, 1.82) is 0 Å². The minimum atomic E-state index is -3.76. The lowest BCUT2D eigenvalue weighted by atomic mass is 10.1. The van der Waals surface area contributed by atoms with Gasteiger partial charge in [0.15, 0.2) is 21.4 Å². The van der Waals surface area contributed by atoms with Gasteiger partial charge in [0, 0.05) is 5.56 Å². The van der Waals surface area contributed by atoms with E-state index in [1.807, 2.05) is 6.92 Å². The number of halogens is 1. The largest absolute Gasteiger partial charge is 0.465 e. The first-order valence-electron chi connectivity index (χ1n) is 5.98. The molecule has 110 valence electrons. The fourth-order valence-corrected chi connectivity index (χ4v) is 2.69. The average Bonchev–Trinajstić information content (AvgIpc) is 2.44. The van der Waals surface area contributed by atoms with Crippen molar-refractivity contribution in [1.82, 2.24) is 0 Å². The molecule has 0 aliphatic carbocycles. The number of alkyl halides is 1. The topological polar surface area (TPSA) is 77.5 Å². The molecule has 5 nitrogen and oxygen atoms in total. The molecule has 20 heavy (non-hydrogen) atoms. The van der Waals surface area contributed by atoms with Crippen LogP contribution < -0.4 is 0 Å². The summed E-state index contributed by atoms with van der Waals surface area (Å²) in [6.07, 6.45) is 0.626. The summed E-state index contributed by atoms with van der Waals surface area (Å²) in [6.45, 7) is 2.01. The van der Waals surface area contributed by atoms with E-state index in [1.165, 1.54) is 24.3 Å². The smallest absolute Gasteiger partial charge is 0.321 e. The van der Waals surface area contributed by atoms with Crippen LogP contribution in [0.1, 0.15) is 23.7 Å². The number of hydrogen-bond acceptors (Lipinski definition) is 5. The van der Waals surface area contributed by atoms with Gasteiger partial charge in [-0.15, -0.1) is 11.6 Å². The summed E-state index contributed by atoms with van der Waals surface area (Å²) < 4.78 is 28.6. The van der Waals surface area contributed by atoms with Crippen molar-refractivity contribution < 1.29 is 22.7 Å². The number of carbonyl (C=O) groups is 2. The van der Waals surface area contributed by atoms with Crippen molar-refractivity contribution >= 4 is 33.2 Å². The summed E-state index contributed by atoms with van der Waals surface area (Å²) >= 11 is 5.40. The van der Waals surface area contributed by atoms with Crippen LogP contribution in [0.25, 0.3) is 0 Å². The Kier molecular flexibility index (Phi) is 6.16. The predicted molar refractivity (Wildman–Crippen MR) is 74.8 cm³/mol. The normalized spacial score (nSPS) is 11.1. The van der Waals surface area contributed by atoms with Gasteiger partial charge in [-0.2, -0.15) is 0 Å². The van der Waals surface area contributed by atoms with E-state index in [1.54, 1.807) is 0 Å². The molecule has 0 aliphatic rings. The number of esters is 1. The number of ether oxygens (including phenoxy) is 1. The Bertz CT molecular complexity index is 577. The molecule has 0 fully saturated rings. The van der Waals surface area contributed by atoms with Crippen molar-refractivity contribution in [3.63, 3.8) is 0 Å². The van der Waals surface area contributed by atoms with E-state index < -0.39 is 21.6 Å². The van der Waals surface area contributed by atoms with Crippen LogP contribution >= 0.6 is 11.6 Å². The SMILES string of the molecule is CCCOC(=O)CS(=O)(=O)c1ccc(C(=O)CCl)cc1. The van der Waals surface area contributed by atoms with Crippen LogP contribution in [0.5, 0.6) is 0 Å². The first-order chi connectivity index (χ1) is 9.40. The molecule has 0 bridgehead atoms. The zero-order chi connectivity index (χ0) is 15.2. The fourth-order valence-electron chi connectivity index (χ4n) is 1.42. The number of ketones is 1. The highest BCUT2D eigenvalue weighted by atomic mass is 35.5. The van der Waals surface area contributed by atoms with Gasteiger partial charge < -0.3 is 4.74 Å². The third-order valence-corrected chi connectivity index (χ3v) is 4.28. The predicted octanol–water partition coefficient (Wildman–Crippen LogP) is 1.84. The van der Waals surface area contributed by atoms with Gasteiger partial charge in [0.1, 0.15) is 0 Å². The molecule has 0 saturated heterocycles. The van der Waals surface area contributed by atoms with Crippen molar-refractivity contribution in [3.05, 3.63) is 29.8 Å². The molecule has 0 radical (unpaired) electrons. The van der Waals surface area contributed by atoms with Crippen LogP contribution in [0.15, 0.2) is 29.2 Å². The van der Waals surface area contributed by atoms with Crippen molar-refractivity contribution in [2.75, 3.05) is 18.2 Å². The van der Waals surface area contributed by atoms with Gasteiger partial charge in [-0.25, -0.2) is 8.42 Å². The number of hydrogen-bond donors (Lipinski definition) is 0. The summed E-state index contributed by atoms with van der Waals surface area (Å²) in [5.74, 6) is -1.96. The molecular formula is C13H15ClO5S. The van der Waals surface area contributed by atoms with Gasteiger partial charge in [0.2, 0.25) is 0 Å². The second-order valence-electron chi connectivity index (χ2n) is 4.06. The van der Waals surface area contributed by atoms with Gasteiger partial charge in [-0.05, 0) is 18.6 Å². The molecule has 1 aromatic carbocycles. The quantitative estimate of drug-likeness (QED) is 0.435. The molecule has 0 spiro atoms. The Morgan fingerprint density at radius 1 is 1.20 bits per heavy atom. The summed E-state index contributed by atoms with van der Waals surface area (Å²) in [4.78, 5) is 22.6. The summed E-state index contributed by atoms with van der Waals surface area (Å²) in [5.41, 5.74) is 0.326. The highest BCUT2D eigenvalue weighted by molar-refractivity contribution is 7.92. The lowest BCUT2D eigenvalue weighted by molar-refractivity contribution is -0.140. The van der Waals surface area contributed by atoms with E-state index in [0.29, 0.717) is 12.0 Å². The highest BCUT2D eigenvalue weighted by Gasteiger charge is 2.20.